The predicted molar refractivity (Wildman–Crippen MR) is 59.2 cm³/mol. The first-order chi connectivity index (χ1) is 7.54. The number of hydrogen-bond acceptors (Lipinski definition) is 6. The van der Waals surface area contributed by atoms with Crippen LogP contribution < -0.4 is 5.43 Å². The first-order valence-electron chi connectivity index (χ1n) is 4.65. The van der Waals surface area contributed by atoms with E-state index in [1.165, 1.54) is 10.4 Å². The molecule has 1 heterocycles. The molecule has 1 aromatic rings. The fraction of sp³-hybridized carbons (Fsp3) is 0.444. The van der Waals surface area contributed by atoms with Crippen LogP contribution in [-0.4, -0.2) is 42.6 Å². The van der Waals surface area contributed by atoms with Crippen molar-refractivity contribution in [2.24, 2.45) is 0 Å². The highest BCUT2D eigenvalue weighted by molar-refractivity contribution is 7.11. The van der Waals surface area contributed by atoms with Crippen molar-refractivity contribution in [3.8, 4) is 0 Å². The Hall–Kier alpha value is -1.47. The second-order valence-electron chi connectivity index (χ2n) is 3.09. The molecule has 0 atom stereocenters. The number of carbonyl (C=O) groups excluding carboxylic acids is 2. The first kappa shape index (κ1) is 12.6. The van der Waals surface area contributed by atoms with Gasteiger partial charge in [0.15, 0.2) is 0 Å². The van der Waals surface area contributed by atoms with Gasteiger partial charge in [-0.1, -0.05) is 0 Å². The summed E-state index contributed by atoms with van der Waals surface area (Å²) in [6, 6.07) is 0. The van der Waals surface area contributed by atoms with E-state index >= 15 is 0 Å². The van der Waals surface area contributed by atoms with Crippen molar-refractivity contribution in [2.45, 2.75) is 6.92 Å². The van der Waals surface area contributed by atoms with Crippen molar-refractivity contribution in [1.29, 1.82) is 0 Å². The summed E-state index contributed by atoms with van der Waals surface area (Å²) in [6.07, 6.45) is 0. The summed E-state index contributed by atoms with van der Waals surface area (Å²) >= 11 is 1.09. The maximum absolute atomic E-state index is 11.5. The van der Waals surface area contributed by atoms with E-state index in [4.69, 9.17) is 4.74 Å². The number of amides is 1. The molecule has 0 radical (unpaired) electrons. The summed E-state index contributed by atoms with van der Waals surface area (Å²) < 4.78 is 4.77. The second kappa shape index (κ2) is 5.57. The van der Waals surface area contributed by atoms with E-state index in [0.717, 1.165) is 11.3 Å². The highest BCUT2D eigenvalue weighted by atomic mass is 32.1. The van der Waals surface area contributed by atoms with Crippen LogP contribution in [0.15, 0.2) is 5.38 Å². The largest absolute Gasteiger partial charge is 0.461 e. The van der Waals surface area contributed by atoms with E-state index in [9.17, 15) is 9.59 Å². The number of thiazole rings is 1. The van der Waals surface area contributed by atoms with Crippen LogP contribution in [0.25, 0.3) is 0 Å². The second-order valence-corrected chi connectivity index (χ2v) is 3.95. The maximum Gasteiger partial charge on any atom is 0.367 e. The normalized spacial score (nSPS) is 10.2. The molecule has 1 aromatic heterocycles. The third kappa shape index (κ3) is 3.28. The van der Waals surface area contributed by atoms with Gasteiger partial charge in [-0.2, -0.15) is 0 Å². The number of nitrogens with one attached hydrogen (secondary N) is 1. The minimum atomic E-state index is -0.503. The van der Waals surface area contributed by atoms with Crippen LogP contribution in [0.3, 0.4) is 0 Å². The monoisotopic (exact) mass is 243 g/mol. The smallest absolute Gasteiger partial charge is 0.367 e. The molecule has 0 unspecified atom stereocenters. The van der Waals surface area contributed by atoms with Crippen molar-refractivity contribution in [3.05, 3.63) is 16.1 Å². The quantitative estimate of drug-likeness (QED) is 0.617. The van der Waals surface area contributed by atoms with E-state index in [2.05, 4.69) is 10.4 Å². The molecular weight excluding hydrogens is 230 g/mol. The Balaban J connectivity index is 2.71. The SMILES string of the molecule is CCOC(=O)c1nc(C(=O)NN(C)C)cs1. The number of ether oxygens (including phenoxy) is 1. The molecule has 0 aliphatic rings. The van der Waals surface area contributed by atoms with Gasteiger partial charge in [-0.3, -0.25) is 10.2 Å². The zero-order chi connectivity index (χ0) is 12.1. The molecule has 1 rings (SSSR count). The van der Waals surface area contributed by atoms with E-state index in [1.54, 1.807) is 21.0 Å². The van der Waals surface area contributed by atoms with Crippen LogP contribution in [0.2, 0.25) is 0 Å². The van der Waals surface area contributed by atoms with Gasteiger partial charge in [0.2, 0.25) is 5.01 Å². The average molecular weight is 243 g/mol. The summed E-state index contributed by atoms with van der Waals surface area (Å²) in [5.41, 5.74) is 2.74. The third-order valence-corrected chi connectivity index (χ3v) is 2.33. The standard InChI is InChI=1S/C9H13N3O3S/c1-4-15-9(14)8-10-6(5-16-8)7(13)11-12(2)3/h5H,4H2,1-3H3,(H,11,13). The number of hydrogen-bond donors (Lipinski definition) is 1. The van der Waals surface area contributed by atoms with Crippen LogP contribution in [-0.2, 0) is 4.74 Å². The fourth-order valence-corrected chi connectivity index (χ4v) is 1.61. The zero-order valence-corrected chi connectivity index (χ0v) is 10.1. The zero-order valence-electron chi connectivity index (χ0n) is 9.31. The molecule has 0 saturated heterocycles. The lowest BCUT2D eigenvalue weighted by atomic mass is 10.5. The summed E-state index contributed by atoms with van der Waals surface area (Å²) in [4.78, 5) is 26.7. The maximum atomic E-state index is 11.5. The number of nitrogens with zero attached hydrogens (tertiary/aromatic N) is 2. The van der Waals surface area contributed by atoms with Crippen LogP contribution >= 0.6 is 11.3 Å². The van der Waals surface area contributed by atoms with Crippen molar-refractivity contribution in [1.82, 2.24) is 15.4 Å². The summed E-state index contributed by atoms with van der Waals surface area (Å²) in [5, 5.41) is 3.21. The number of carbonyl (C=O) groups is 2. The Morgan fingerprint density at radius 2 is 2.25 bits per heavy atom. The molecule has 0 bridgehead atoms. The molecule has 0 aromatic carbocycles. The molecule has 16 heavy (non-hydrogen) atoms. The molecule has 0 saturated carbocycles. The number of aromatic nitrogens is 1. The van der Waals surface area contributed by atoms with Gasteiger partial charge in [0.25, 0.3) is 5.91 Å². The topological polar surface area (TPSA) is 71.5 Å². The van der Waals surface area contributed by atoms with Gasteiger partial charge in [0.1, 0.15) is 5.69 Å². The van der Waals surface area contributed by atoms with Crippen molar-refractivity contribution < 1.29 is 14.3 Å². The van der Waals surface area contributed by atoms with Gasteiger partial charge < -0.3 is 4.74 Å². The molecular formula is C9H13N3O3S. The highest BCUT2D eigenvalue weighted by Crippen LogP contribution is 2.11. The van der Waals surface area contributed by atoms with Gasteiger partial charge >= 0.3 is 5.97 Å². The Labute approximate surface area is 97.2 Å². The molecule has 6 nitrogen and oxygen atoms in total. The summed E-state index contributed by atoms with van der Waals surface area (Å²) in [6.45, 7) is 2.00. The first-order valence-corrected chi connectivity index (χ1v) is 5.53. The van der Waals surface area contributed by atoms with Gasteiger partial charge in [-0.25, -0.2) is 14.8 Å². The highest BCUT2D eigenvalue weighted by Gasteiger charge is 2.16. The number of rotatable bonds is 4. The van der Waals surface area contributed by atoms with Gasteiger partial charge in [-0.15, -0.1) is 11.3 Å². The Morgan fingerprint density at radius 1 is 1.56 bits per heavy atom. The van der Waals surface area contributed by atoms with E-state index in [1.807, 2.05) is 0 Å². The van der Waals surface area contributed by atoms with E-state index in [-0.39, 0.29) is 23.2 Å². The molecule has 0 spiro atoms. The average Bonchev–Trinajstić information content (AvgIpc) is 2.65. The molecule has 1 N–H and O–H groups in total. The lowest BCUT2D eigenvalue weighted by Crippen LogP contribution is -2.36. The van der Waals surface area contributed by atoms with Crippen molar-refractivity contribution in [2.75, 3.05) is 20.7 Å². The van der Waals surface area contributed by atoms with Crippen LogP contribution in [0.5, 0.6) is 0 Å². The molecule has 0 aliphatic heterocycles. The Bertz CT molecular complexity index is 389. The van der Waals surface area contributed by atoms with Crippen molar-refractivity contribution in [3.63, 3.8) is 0 Å². The lowest BCUT2D eigenvalue weighted by molar-refractivity contribution is 0.0526. The molecule has 0 fully saturated rings. The number of esters is 1. The lowest BCUT2D eigenvalue weighted by Gasteiger charge is -2.09. The third-order valence-electron chi connectivity index (χ3n) is 1.51. The fourth-order valence-electron chi connectivity index (χ4n) is 0.925. The predicted octanol–water partition coefficient (Wildman–Crippen LogP) is 0.526. The minimum Gasteiger partial charge on any atom is -0.461 e. The van der Waals surface area contributed by atoms with Gasteiger partial charge in [-0.05, 0) is 6.92 Å². The Kier molecular flexibility index (Phi) is 4.39. The van der Waals surface area contributed by atoms with E-state index in [0.29, 0.717) is 0 Å². The van der Waals surface area contributed by atoms with E-state index < -0.39 is 5.97 Å². The molecule has 0 aliphatic carbocycles. The van der Waals surface area contributed by atoms with Crippen LogP contribution in [0, 0.1) is 0 Å². The molecule has 7 heteroatoms. The molecule has 88 valence electrons. The van der Waals surface area contributed by atoms with Crippen molar-refractivity contribution >= 4 is 23.2 Å². The van der Waals surface area contributed by atoms with Crippen LogP contribution in [0.1, 0.15) is 27.2 Å². The Morgan fingerprint density at radius 3 is 2.81 bits per heavy atom. The summed E-state index contributed by atoms with van der Waals surface area (Å²) in [5.74, 6) is -0.854. The summed E-state index contributed by atoms with van der Waals surface area (Å²) in [7, 11) is 3.38. The molecule has 1 amide bonds. The number of hydrazine groups is 1. The van der Waals surface area contributed by atoms with Crippen LogP contribution in [0.4, 0.5) is 0 Å². The van der Waals surface area contributed by atoms with Gasteiger partial charge in [0, 0.05) is 19.5 Å². The van der Waals surface area contributed by atoms with Gasteiger partial charge in [0.05, 0.1) is 6.61 Å². The minimum absolute atomic E-state index is 0.186.